The molecule has 0 saturated carbocycles. The van der Waals surface area contributed by atoms with Crippen LogP contribution in [0.3, 0.4) is 0 Å². The maximum absolute atomic E-state index is 12.9. The van der Waals surface area contributed by atoms with E-state index in [-0.39, 0.29) is 18.6 Å². The van der Waals surface area contributed by atoms with Crippen LogP contribution in [0.1, 0.15) is 46.8 Å². The van der Waals surface area contributed by atoms with Gasteiger partial charge in [0, 0.05) is 30.7 Å². The maximum atomic E-state index is 12.9. The lowest BCUT2D eigenvalue weighted by Gasteiger charge is -2.26. The van der Waals surface area contributed by atoms with Gasteiger partial charge in [-0.2, -0.15) is 13.2 Å². The quantitative estimate of drug-likeness (QED) is 0.509. The van der Waals surface area contributed by atoms with Crippen molar-refractivity contribution in [3.8, 4) is 0 Å². The summed E-state index contributed by atoms with van der Waals surface area (Å²) in [4.78, 5) is 23.3. The van der Waals surface area contributed by atoms with Gasteiger partial charge in [0.2, 0.25) is 0 Å². The first-order valence-corrected chi connectivity index (χ1v) is 10.9. The molecule has 0 radical (unpaired) electrons. The monoisotopic (exact) mass is 474 g/mol. The Balaban J connectivity index is 1.44. The molecule has 1 aromatic heterocycles. The summed E-state index contributed by atoms with van der Waals surface area (Å²) >= 11 is 5.98. The molecular weight excluding hydrogens is 453 g/mol. The predicted octanol–water partition coefficient (Wildman–Crippen LogP) is 5.79. The van der Waals surface area contributed by atoms with Gasteiger partial charge in [-0.1, -0.05) is 35.9 Å². The minimum Gasteiger partial charge on any atom is -0.334 e. The van der Waals surface area contributed by atoms with Gasteiger partial charge in [0.05, 0.1) is 17.3 Å². The Kier molecular flexibility index (Phi) is 6.83. The molecule has 2 heterocycles. The number of benzene rings is 2. The summed E-state index contributed by atoms with van der Waals surface area (Å²) in [5, 5.41) is 3.48. The molecule has 33 heavy (non-hydrogen) atoms. The molecule has 9 heteroatoms. The SMILES string of the molecule is O=C(NCc1ccc(C(F)(F)F)cc1)N1CCC[C@@H]1c1ncncc1Cc1ccc(Cl)cc1. The molecule has 5 nitrogen and oxygen atoms in total. The third-order valence-electron chi connectivity index (χ3n) is 5.68. The van der Waals surface area contributed by atoms with E-state index in [1.807, 2.05) is 24.3 Å². The minimum absolute atomic E-state index is 0.140. The summed E-state index contributed by atoms with van der Waals surface area (Å²) in [6.07, 6.45) is 1.10. The van der Waals surface area contributed by atoms with Gasteiger partial charge in [-0.05, 0) is 53.8 Å². The van der Waals surface area contributed by atoms with Gasteiger partial charge in [-0.3, -0.25) is 0 Å². The Hall–Kier alpha value is -3.13. The van der Waals surface area contributed by atoms with Gasteiger partial charge >= 0.3 is 12.2 Å². The molecule has 1 fully saturated rings. The molecule has 1 saturated heterocycles. The molecule has 1 aliphatic rings. The number of nitrogens with zero attached hydrogens (tertiary/aromatic N) is 3. The van der Waals surface area contributed by atoms with Crippen LogP contribution in [0.5, 0.6) is 0 Å². The second-order valence-electron chi connectivity index (χ2n) is 7.94. The van der Waals surface area contributed by atoms with Gasteiger partial charge in [0.15, 0.2) is 0 Å². The molecular formula is C24H22ClF3N4O. The number of hydrogen-bond acceptors (Lipinski definition) is 3. The van der Waals surface area contributed by atoms with Crippen molar-refractivity contribution in [2.24, 2.45) is 0 Å². The fourth-order valence-electron chi connectivity index (χ4n) is 4.01. The van der Waals surface area contributed by atoms with Crippen LogP contribution in [0.4, 0.5) is 18.0 Å². The molecule has 2 aromatic carbocycles. The number of hydrogen-bond donors (Lipinski definition) is 1. The van der Waals surface area contributed by atoms with Crippen molar-refractivity contribution >= 4 is 17.6 Å². The summed E-state index contributed by atoms with van der Waals surface area (Å²) in [5.41, 5.74) is 2.69. The number of nitrogens with one attached hydrogen (secondary N) is 1. The zero-order valence-electron chi connectivity index (χ0n) is 17.6. The first kappa shape index (κ1) is 23.0. The Labute approximate surface area is 194 Å². The maximum Gasteiger partial charge on any atom is 0.416 e. The largest absolute Gasteiger partial charge is 0.416 e. The van der Waals surface area contributed by atoms with Crippen molar-refractivity contribution in [2.75, 3.05) is 6.54 Å². The molecule has 0 bridgehead atoms. The second kappa shape index (κ2) is 9.79. The molecule has 0 spiro atoms. The molecule has 1 aliphatic heterocycles. The van der Waals surface area contributed by atoms with Crippen molar-refractivity contribution in [3.63, 3.8) is 0 Å². The lowest BCUT2D eigenvalue weighted by atomic mass is 10.00. The highest BCUT2D eigenvalue weighted by molar-refractivity contribution is 6.30. The first-order valence-electron chi connectivity index (χ1n) is 10.5. The predicted molar refractivity (Wildman–Crippen MR) is 119 cm³/mol. The Morgan fingerprint density at radius 1 is 1.09 bits per heavy atom. The zero-order valence-corrected chi connectivity index (χ0v) is 18.4. The van der Waals surface area contributed by atoms with E-state index in [1.165, 1.54) is 18.5 Å². The van der Waals surface area contributed by atoms with E-state index >= 15 is 0 Å². The van der Waals surface area contributed by atoms with E-state index in [4.69, 9.17) is 11.6 Å². The number of carbonyl (C=O) groups is 1. The first-order chi connectivity index (χ1) is 15.8. The zero-order chi connectivity index (χ0) is 23.4. The molecule has 4 rings (SSSR count). The highest BCUT2D eigenvalue weighted by Crippen LogP contribution is 2.33. The van der Waals surface area contributed by atoms with E-state index in [0.717, 1.165) is 41.8 Å². The van der Waals surface area contributed by atoms with Crippen molar-refractivity contribution < 1.29 is 18.0 Å². The number of rotatable bonds is 5. The number of urea groups is 1. The molecule has 0 aliphatic carbocycles. The van der Waals surface area contributed by atoms with E-state index < -0.39 is 11.7 Å². The molecule has 3 aromatic rings. The summed E-state index contributed by atoms with van der Waals surface area (Å²) in [5.74, 6) is 0. The fourth-order valence-corrected chi connectivity index (χ4v) is 4.14. The number of aromatic nitrogens is 2. The highest BCUT2D eigenvalue weighted by atomic mass is 35.5. The Morgan fingerprint density at radius 3 is 2.48 bits per heavy atom. The highest BCUT2D eigenvalue weighted by Gasteiger charge is 2.33. The van der Waals surface area contributed by atoms with Crippen LogP contribution in [0, 0.1) is 0 Å². The van der Waals surface area contributed by atoms with Crippen LogP contribution in [0.15, 0.2) is 61.1 Å². The van der Waals surface area contributed by atoms with Gasteiger partial charge in [-0.25, -0.2) is 14.8 Å². The summed E-state index contributed by atoms with van der Waals surface area (Å²) in [7, 11) is 0. The molecule has 0 unspecified atom stereocenters. The standard InChI is InChI=1S/C24H22ClF3N4O/c25-20-9-5-16(6-10-20)12-18-14-29-15-31-22(18)21-2-1-11-32(21)23(33)30-13-17-3-7-19(8-4-17)24(26,27)28/h3-10,14-15,21H,1-2,11-13H2,(H,30,33)/t21-/m1/s1. The van der Waals surface area contributed by atoms with Crippen LogP contribution in [-0.4, -0.2) is 27.4 Å². The van der Waals surface area contributed by atoms with E-state index in [0.29, 0.717) is 23.6 Å². The van der Waals surface area contributed by atoms with E-state index in [1.54, 1.807) is 11.1 Å². The van der Waals surface area contributed by atoms with Crippen molar-refractivity contribution in [1.82, 2.24) is 20.2 Å². The Bertz CT molecular complexity index is 1100. The van der Waals surface area contributed by atoms with Gasteiger partial charge in [0.25, 0.3) is 0 Å². The van der Waals surface area contributed by atoms with Crippen molar-refractivity contribution in [1.29, 1.82) is 0 Å². The Morgan fingerprint density at radius 2 is 1.79 bits per heavy atom. The van der Waals surface area contributed by atoms with Crippen LogP contribution < -0.4 is 5.32 Å². The number of amides is 2. The van der Waals surface area contributed by atoms with Gasteiger partial charge < -0.3 is 10.2 Å². The van der Waals surface area contributed by atoms with Gasteiger partial charge in [0.1, 0.15) is 6.33 Å². The molecule has 1 atom stereocenters. The number of carbonyl (C=O) groups excluding carboxylic acids is 1. The molecule has 2 amide bonds. The summed E-state index contributed by atoms with van der Waals surface area (Å²) < 4.78 is 38.2. The average Bonchev–Trinajstić information content (AvgIpc) is 3.29. The lowest BCUT2D eigenvalue weighted by molar-refractivity contribution is -0.137. The van der Waals surface area contributed by atoms with Crippen LogP contribution >= 0.6 is 11.6 Å². The van der Waals surface area contributed by atoms with Crippen LogP contribution in [-0.2, 0) is 19.1 Å². The number of alkyl halides is 3. The number of likely N-dealkylation sites (tertiary alicyclic amines) is 1. The normalized spacial score (nSPS) is 16.1. The summed E-state index contributed by atoms with van der Waals surface area (Å²) in [6, 6.07) is 11.9. The van der Waals surface area contributed by atoms with Crippen LogP contribution in [0.2, 0.25) is 5.02 Å². The topological polar surface area (TPSA) is 58.1 Å². The van der Waals surface area contributed by atoms with Crippen molar-refractivity contribution in [2.45, 2.75) is 38.0 Å². The smallest absolute Gasteiger partial charge is 0.334 e. The molecule has 172 valence electrons. The van der Waals surface area contributed by atoms with Crippen LogP contribution in [0.25, 0.3) is 0 Å². The van der Waals surface area contributed by atoms with E-state index in [2.05, 4.69) is 15.3 Å². The second-order valence-corrected chi connectivity index (χ2v) is 8.38. The molecule has 1 N–H and O–H groups in total. The van der Waals surface area contributed by atoms with Crippen molar-refractivity contribution in [3.05, 3.63) is 94.0 Å². The fraction of sp³-hybridized carbons (Fsp3) is 0.292. The number of halogens is 4. The van der Waals surface area contributed by atoms with Gasteiger partial charge in [-0.15, -0.1) is 0 Å². The van der Waals surface area contributed by atoms with E-state index in [9.17, 15) is 18.0 Å². The lowest BCUT2D eigenvalue weighted by Crippen LogP contribution is -2.39. The summed E-state index contributed by atoms with van der Waals surface area (Å²) in [6.45, 7) is 0.718. The third kappa shape index (κ3) is 5.63. The average molecular weight is 475 g/mol. The minimum atomic E-state index is -4.38. The third-order valence-corrected chi connectivity index (χ3v) is 5.94.